The van der Waals surface area contributed by atoms with Crippen LogP contribution in [0.15, 0.2) is 40.8 Å². The van der Waals surface area contributed by atoms with Crippen molar-refractivity contribution in [3.8, 4) is 5.75 Å². The highest BCUT2D eigenvalue weighted by Gasteiger charge is 2.10. The van der Waals surface area contributed by atoms with Gasteiger partial charge in [0.1, 0.15) is 11.5 Å². The third kappa shape index (κ3) is 3.07. The Morgan fingerprint density at radius 3 is 2.47 bits per heavy atom. The van der Waals surface area contributed by atoms with Crippen LogP contribution in [0.3, 0.4) is 0 Å². The maximum Gasteiger partial charge on any atom is 0.371 e. The van der Waals surface area contributed by atoms with Crippen LogP contribution in [0, 0.1) is 0 Å². The molecule has 0 unspecified atom stereocenters. The molecule has 1 aromatic carbocycles. The summed E-state index contributed by atoms with van der Waals surface area (Å²) in [5.41, 5.74) is 0.995. The van der Waals surface area contributed by atoms with E-state index in [9.17, 15) is 4.79 Å². The molecule has 0 fully saturated rings. The molecule has 0 spiro atoms. The average molecular weight is 261 g/mol. The zero-order valence-corrected chi connectivity index (χ0v) is 10.8. The molecule has 0 aliphatic heterocycles. The first-order valence-electron chi connectivity index (χ1n) is 5.77. The van der Waals surface area contributed by atoms with E-state index >= 15 is 0 Å². The lowest BCUT2D eigenvalue weighted by atomic mass is 10.2. The topological polar surface area (TPSA) is 62.9 Å². The van der Waals surface area contributed by atoms with E-state index in [0.717, 1.165) is 11.4 Å². The summed E-state index contributed by atoms with van der Waals surface area (Å²) in [6.07, 6.45) is 0. The fourth-order valence-electron chi connectivity index (χ4n) is 1.74. The highest BCUT2D eigenvalue weighted by Crippen LogP contribution is 2.20. The van der Waals surface area contributed by atoms with Gasteiger partial charge in [-0.15, -0.1) is 0 Å². The van der Waals surface area contributed by atoms with E-state index in [1.165, 1.54) is 6.07 Å². The molecule has 0 radical (unpaired) electrons. The summed E-state index contributed by atoms with van der Waals surface area (Å²) >= 11 is 0. The summed E-state index contributed by atoms with van der Waals surface area (Å²) < 4.78 is 10.3. The quantitative estimate of drug-likeness (QED) is 0.896. The first kappa shape index (κ1) is 13.0. The van der Waals surface area contributed by atoms with Gasteiger partial charge < -0.3 is 19.2 Å². The standard InChI is InChI=1S/C14H15NO4/c1-15(10-3-5-11(18-2)6-4-10)9-12-7-8-13(19-12)14(16)17/h3-8H,9H2,1-2H3,(H,16,17). The van der Waals surface area contributed by atoms with Gasteiger partial charge in [0, 0.05) is 12.7 Å². The minimum Gasteiger partial charge on any atom is -0.497 e. The largest absolute Gasteiger partial charge is 0.497 e. The smallest absolute Gasteiger partial charge is 0.371 e. The predicted octanol–water partition coefficient (Wildman–Crippen LogP) is 2.62. The number of aromatic carboxylic acids is 1. The van der Waals surface area contributed by atoms with Crippen molar-refractivity contribution in [2.75, 3.05) is 19.1 Å². The number of rotatable bonds is 5. The summed E-state index contributed by atoms with van der Waals surface area (Å²) in [5.74, 6) is 0.301. The Bertz CT molecular complexity index is 559. The fraction of sp³-hybridized carbons (Fsp3) is 0.214. The van der Waals surface area contributed by atoms with Crippen molar-refractivity contribution >= 4 is 11.7 Å². The Hall–Kier alpha value is -2.43. The Labute approximate surface area is 111 Å². The molecule has 5 heteroatoms. The van der Waals surface area contributed by atoms with E-state index in [0.29, 0.717) is 12.3 Å². The number of ether oxygens (including phenoxy) is 1. The number of benzene rings is 1. The second-order valence-electron chi connectivity index (χ2n) is 4.13. The number of anilines is 1. The summed E-state index contributed by atoms with van der Waals surface area (Å²) in [4.78, 5) is 12.7. The molecule has 0 bridgehead atoms. The summed E-state index contributed by atoms with van der Waals surface area (Å²) in [7, 11) is 3.53. The van der Waals surface area contributed by atoms with Crippen LogP contribution in [0.25, 0.3) is 0 Å². The highest BCUT2D eigenvalue weighted by molar-refractivity contribution is 5.84. The van der Waals surface area contributed by atoms with Crippen LogP contribution in [0.2, 0.25) is 0 Å². The Kier molecular flexibility index (Phi) is 3.75. The number of hydrogen-bond acceptors (Lipinski definition) is 4. The van der Waals surface area contributed by atoms with E-state index in [-0.39, 0.29) is 5.76 Å². The lowest BCUT2D eigenvalue weighted by Crippen LogP contribution is -2.15. The number of nitrogens with zero attached hydrogens (tertiary/aromatic N) is 1. The highest BCUT2D eigenvalue weighted by atomic mass is 16.5. The Morgan fingerprint density at radius 2 is 1.95 bits per heavy atom. The SMILES string of the molecule is COc1ccc(N(C)Cc2ccc(C(=O)O)o2)cc1. The number of carboxylic acids is 1. The molecule has 1 N–H and O–H groups in total. The molecule has 0 atom stereocenters. The zero-order chi connectivity index (χ0) is 13.8. The molecule has 0 aliphatic rings. The molecule has 2 rings (SSSR count). The zero-order valence-electron chi connectivity index (χ0n) is 10.8. The van der Waals surface area contributed by atoms with Crippen molar-refractivity contribution in [2.45, 2.75) is 6.54 Å². The van der Waals surface area contributed by atoms with Crippen LogP contribution in [0.4, 0.5) is 5.69 Å². The first-order chi connectivity index (χ1) is 9.10. The lowest BCUT2D eigenvalue weighted by Gasteiger charge is -2.18. The van der Waals surface area contributed by atoms with Gasteiger partial charge in [-0.2, -0.15) is 0 Å². The number of carboxylic acid groups (broad SMARTS) is 1. The van der Waals surface area contributed by atoms with Gasteiger partial charge in [-0.3, -0.25) is 0 Å². The van der Waals surface area contributed by atoms with Gasteiger partial charge in [0.25, 0.3) is 0 Å². The molecule has 0 saturated heterocycles. The first-order valence-corrected chi connectivity index (χ1v) is 5.77. The van der Waals surface area contributed by atoms with Crippen molar-refractivity contribution in [1.82, 2.24) is 0 Å². The van der Waals surface area contributed by atoms with E-state index in [2.05, 4.69) is 0 Å². The molecular weight excluding hydrogens is 246 g/mol. The van der Waals surface area contributed by atoms with Crippen molar-refractivity contribution in [2.24, 2.45) is 0 Å². The molecule has 0 aliphatic carbocycles. The van der Waals surface area contributed by atoms with E-state index in [1.807, 2.05) is 36.2 Å². The van der Waals surface area contributed by atoms with E-state index in [4.69, 9.17) is 14.3 Å². The van der Waals surface area contributed by atoms with Crippen LogP contribution in [0.5, 0.6) is 5.75 Å². The van der Waals surface area contributed by atoms with Crippen molar-refractivity contribution in [3.05, 3.63) is 47.9 Å². The van der Waals surface area contributed by atoms with E-state index < -0.39 is 5.97 Å². The second kappa shape index (κ2) is 5.48. The van der Waals surface area contributed by atoms with Crippen molar-refractivity contribution < 1.29 is 19.1 Å². The van der Waals surface area contributed by atoms with Crippen molar-refractivity contribution in [1.29, 1.82) is 0 Å². The molecule has 2 aromatic rings. The number of hydrogen-bond donors (Lipinski definition) is 1. The third-order valence-electron chi connectivity index (χ3n) is 2.78. The normalized spacial score (nSPS) is 10.2. The van der Waals surface area contributed by atoms with E-state index in [1.54, 1.807) is 13.2 Å². The van der Waals surface area contributed by atoms with Gasteiger partial charge in [0.05, 0.1) is 13.7 Å². The molecule has 5 nitrogen and oxygen atoms in total. The van der Waals surface area contributed by atoms with Gasteiger partial charge in [0.2, 0.25) is 5.76 Å². The van der Waals surface area contributed by atoms with Crippen LogP contribution in [0.1, 0.15) is 16.3 Å². The monoisotopic (exact) mass is 261 g/mol. The van der Waals surface area contributed by atoms with Crippen LogP contribution in [-0.4, -0.2) is 25.2 Å². The van der Waals surface area contributed by atoms with Crippen molar-refractivity contribution in [3.63, 3.8) is 0 Å². The van der Waals surface area contributed by atoms with Gasteiger partial charge in [0.15, 0.2) is 0 Å². The molecule has 0 amide bonds. The maximum atomic E-state index is 10.7. The maximum absolute atomic E-state index is 10.7. The minimum absolute atomic E-state index is 0.0434. The molecule has 19 heavy (non-hydrogen) atoms. The minimum atomic E-state index is -1.06. The molecular formula is C14H15NO4. The van der Waals surface area contributed by atoms with Crippen LogP contribution < -0.4 is 9.64 Å². The Balaban J connectivity index is 2.06. The third-order valence-corrected chi connectivity index (χ3v) is 2.78. The molecule has 0 saturated carbocycles. The fourth-order valence-corrected chi connectivity index (χ4v) is 1.74. The Morgan fingerprint density at radius 1 is 1.26 bits per heavy atom. The van der Waals surface area contributed by atoms with Gasteiger partial charge in [-0.25, -0.2) is 4.79 Å². The van der Waals surface area contributed by atoms with Gasteiger partial charge in [-0.05, 0) is 36.4 Å². The average Bonchev–Trinajstić information content (AvgIpc) is 2.87. The van der Waals surface area contributed by atoms with Gasteiger partial charge >= 0.3 is 5.97 Å². The summed E-state index contributed by atoms with van der Waals surface area (Å²) in [6, 6.07) is 10.7. The molecule has 1 aromatic heterocycles. The van der Waals surface area contributed by atoms with Gasteiger partial charge in [-0.1, -0.05) is 0 Å². The second-order valence-corrected chi connectivity index (χ2v) is 4.13. The molecule has 100 valence electrons. The summed E-state index contributed by atoms with van der Waals surface area (Å²) in [5, 5.41) is 8.79. The van der Waals surface area contributed by atoms with Crippen LogP contribution >= 0.6 is 0 Å². The summed E-state index contributed by atoms with van der Waals surface area (Å²) in [6.45, 7) is 0.500. The number of furan rings is 1. The predicted molar refractivity (Wildman–Crippen MR) is 70.8 cm³/mol. The number of methoxy groups -OCH3 is 1. The lowest BCUT2D eigenvalue weighted by molar-refractivity contribution is 0.0660. The number of carbonyl (C=O) groups is 1. The van der Waals surface area contributed by atoms with Crippen LogP contribution in [-0.2, 0) is 6.54 Å². The molecule has 1 heterocycles.